The first-order valence-corrected chi connectivity index (χ1v) is 7.23. The topological polar surface area (TPSA) is 84.7 Å². The van der Waals surface area contributed by atoms with Crippen molar-refractivity contribution in [2.45, 2.75) is 51.0 Å². The molecule has 3 N–H and O–H groups in total. The molecule has 2 fully saturated rings. The van der Waals surface area contributed by atoms with E-state index in [-0.39, 0.29) is 29.3 Å². The summed E-state index contributed by atoms with van der Waals surface area (Å²) in [6, 6.07) is 0. The number of amides is 2. The molecule has 108 valence electrons. The zero-order chi connectivity index (χ0) is 13.9. The molecule has 19 heavy (non-hydrogen) atoms. The standard InChI is InChI=1S/C14H24N2O3/c1-14(9-19-14)7-4-8-16-13(18)11-6-3-2-5-10(11)12(15)17/h10-11H,2-9H2,1H3,(H2,15,17)(H,16,18). The van der Waals surface area contributed by atoms with Crippen molar-refractivity contribution in [1.82, 2.24) is 5.32 Å². The lowest BCUT2D eigenvalue weighted by Crippen LogP contribution is -2.42. The smallest absolute Gasteiger partial charge is 0.223 e. The molecule has 3 atom stereocenters. The van der Waals surface area contributed by atoms with E-state index in [1.165, 1.54) is 0 Å². The lowest BCUT2D eigenvalue weighted by molar-refractivity contribution is -0.134. The molecule has 1 aliphatic carbocycles. The zero-order valence-corrected chi connectivity index (χ0v) is 11.6. The SMILES string of the molecule is CC1(CCCNC(=O)C2CCCCC2C(N)=O)CO1. The van der Waals surface area contributed by atoms with Gasteiger partial charge in [-0.15, -0.1) is 0 Å². The molecule has 0 aromatic carbocycles. The van der Waals surface area contributed by atoms with Gasteiger partial charge in [0.15, 0.2) is 0 Å². The van der Waals surface area contributed by atoms with Crippen molar-refractivity contribution < 1.29 is 14.3 Å². The van der Waals surface area contributed by atoms with E-state index in [0.29, 0.717) is 6.54 Å². The summed E-state index contributed by atoms with van der Waals surface area (Å²) in [7, 11) is 0. The summed E-state index contributed by atoms with van der Waals surface area (Å²) in [6.45, 7) is 3.56. The average Bonchev–Trinajstić information content (AvgIpc) is 3.13. The Labute approximate surface area is 114 Å². The van der Waals surface area contributed by atoms with Crippen molar-refractivity contribution in [2.75, 3.05) is 13.2 Å². The number of epoxide rings is 1. The van der Waals surface area contributed by atoms with E-state index in [0.717, 1.165) is 45.1 Å². The molecule has 0 aromatic rings. The van der Waals surface area contributed by atoms with Gasteiger partial charge in [-0.1, -0.05) is 12.8 Å². The summed E-state index contributed by atoms with van der Waals surface area (Å²) in [4.78, 5) is 23.5. The minimum atomic E-state index is -0.334. The summed E-state index contributed by atoms with van der Waals surface area (Å²) >= 11 is 0. The Balaban J connectivity index is 1.72. The molecule has 0 spiro atoms. The summed E-state index contributed by atoms with van der Waals surface area (Å²) in [6.07, 6.45) is 5.41. The fourth-order valence-corrected chi connectivity index (χ4v) is 2.86. The van der Waals surface area contributed by atoms with Gasteiger partial charge in [-0.25, -0.2) is 0 Å². The van der Waals surface area contributed by atoms with Crippen LogP contribution < -0.4 is 11.1 Å². The van der Waals surface area contributed by atoms with E-state index in [4.69, 9.17) is 10.5 Å². The van der Waals surface area contributed by atoms with E-state index in [2.05, 4.69) is 12.2 Å². The van der Waals surface area contributed by atoms with E-state index in [9.17, 15) is 9.59 Å². The van der Waals surface area contributed by atoms with Crippen molar-refractivity contribution in [3.05, 3.63) is 0 Å². The monoisotopic (exact) mass is 268 g/mol. The normalized spacial score (nSPS) is 33.7. The van der Waals surface area contributed by atoms with Crippen LogP contribution in [0.4, 0.5) is 0 Å². The van der Waals surface area contributed by atoms with Gasteiger partial charge in [-0.3, -0.25) is 9.59 Å². The van der Waals surface area contributed by atoms with Gasteiger partial charge in [0.05, 0.1) is 12.2 Å². The van der Waals surface area contributed by atoms with Crippen molar-refractivity contribution in [1.29, 1.82) is 0 Å². The van der Waals surface area contributed by atoms with Crippen molar-refractivity contribution in [3.8, 4) is 0 Å². The number of hydrogen-bond donors (Lipinski definition) is 2. The number of primary amides is 1. The van der Waals surface area contributed by atoms with E-state index < -0.39 is 0 Å². The number of carbonyl (C=O) groups is 2. The first-order chi connectivity index (χ1) is 9.02. The number of carbonyl (C=O) groups excluding carboxylic acids is 2. The van der Waals surface area contributed by atoms with Gasteiger partial charge in [0, 0.05) is 18.4 Å². The number of rotatable bonds is 6. The van der Waals surface area contributed by atoms with Gasteiger partial charge in [0.1, 0.15) is 0 Å². The highest BCUT2D eigenvalue weighted by atomic mass is 16.6. The largest absolute Gasteiger partial charge is 0.370 e. The van der Waals surface area contributed by atoms with Crippen LogP contribution in [0.25, 0.3) is 0 Å². The van der Waals surface area contributed by atoms with Crippen LogP contribution in [0.5, 0.6) is 0 Å². The predicted molar refractivity (Wildman–Crippen MR) is 71.2 cm³/mol. The minimum absolute atomic E-state index is 0.00892. The Morgan fingerprint density at radius 3 is 2.53 bits per heavy atom. The fourth-order valence-electron chi connectivity index (χ4n) is 2.86. The summed E-state index contributed by atoms with van der Waals surface area (Å²) in [5, 5.41) is 2.94. The first kappa shape index (κ1) is 14.3. The maximum Gasteiger partial charge on any atom is 0.223 e. The van der Waals surface area contributed by atoms with E-state index >= 15 is 0 Å². The molecule has 2 aliphatic rings. The fraction of sp³-hybridized carbons (Fsp3) is 0.857. The molecule has 2 rings (SSSR count). The van der Waals surface area contributed by atoms with Crippen LogP contribution in [-0.4, -0.2) is 30.6 Å². The molecule has 2 amide bonds. The van der Waals surface area contributed by atoms with Crippen molar-refractivity contribution in [2.24, 2.45) is 17.6 Å². The van der Waals surface area contributed by atoms with Crippen LogP contribution in [-0.2, 0) is 14.3 Å². The summed E-state index contributed by atoms with van der Waals surface area (Å²) in [5.74, 6) is -0.846. The highest BCUT2D eigenvalue weighted by Gasteiger charge is 2.38. The molecular weight excluding hydrogens is 244 g/mol. The van der Waals surface area contributed by atoms with Gasteiger partial charge in [0.2, 0.25) is 11.8 Å². The molecule has 1 heterocycles. The van der Waals surface area contributed by atoms with Crippen LogP contribution >= 0.6 is 0 Å². The Kier molecular flexibility index (Phi) is 4.45. The van der Waals surface area contributed by atoms with Crippen molar-refractivity contribution in [3.63, 3.8) is 0 Å². The highest BCUT2D eigenvalue weighted by molar-refractivity contribution is 5.87. The number of ether oxygens (including phenoxy) is 1. The maximum absolute atomic E-state index is 12.1. The van der Waals surface area contributed by atoms with Crippen LogP contribution in [0.3, 0.4) is 0 Å². The Bertz CT molecular complexity index is 353. The molecule has 1 saturated heterocycles. The van der Waals surface area contributed by atoms with E-state index in [1.807, 2.05) is 0 Å². The second kappa shape index (κ2) is 5.90. The third-order valence-electron chi connectivity index (χ3n) is 4.29. The molecule has 0 bridgehead atoms. The lowest BCUT2D eigenvalue weighted by Gasteiger charge is -2.28. The van der Waals surface area contributed by atoms with Gasteiger partial charge < -0.3 is 15.8 Å². The third-order valence-corrected chi connectivity index (χ3v) is 4.29. The van der Waals surface area contributed by atoms with Gasteiger partial charge in [-0.05, 0) is 32.6 Å². The van der Waals surface area contributed by atoms with Gasteiger partial charge in [0.25, 0.3) is 0 Å². The third kappa shape index (κ3) is 3.93. The number of nitrogens with one attached hydrogen (secondary N) is 1. The first-order valence-electron chi connectivity index (χ1n) is 7.23. The Morgan fingerprint density at radius 2 is 1.95 bits per heavy atom. The highest BCUT2D eigenvalue weighted by Crippen LogP contribution is 2.31. The molecule has 1 aliphatic heterocycles. The molecular formula is C14H24N2O3. The van der Waals surface area contributed by atoms with Gasteiger partial charge >= 0.3 is 0 Å². The summed E-state index contributed by atoms with van der Waals surface area (Å²) < 4.78 is 5.29. The molecule has 0 aromatic heterocycles. The second-order valence-electron chi connectivity index (χ2n) is 6.03. The predicted octanol–water partition coefficient (Wildman–Crippen LogP) is 0.963. The maximum atomic E-state index is 12.1. The summed E-state index contributed by atoms with van der Waals surface area (Å²) in [5.41, 5.74) is 5.43. The van der Waals surface area contributed by atoms with Crippen molar-refractivity contribution >= 4 is 11.8 Å². The molecule has 5 nitrogen and oxygen atoms in total. The van der Waals surface area contributed by atoms with Gasteiger partial charge in [-0.2, -0.15) is 0 Å². The zero-order valence-electron chi connectivity index (χ0n) is 11.6. The quantitative estimate of drug-likeness (QED) is 0.556. The van der Waals surface area contributed by atoms with E-state index in [1.54, 1.807) is 0 Å². The Morgan fingerprint density at radius 1 is 1.32 bits per heavy atom. The van der Waals surface area contributed by atoms with Crippen LogP contribution in [0, 0.1) is 11.8 Å². The lowest BCUT2D eigenvalue weighted by atomic mass is 9.78. The molecule has 0 radical (unpaired) electrons. The number of hydrogen-bond acceptors (Lipinski definition) is 3. The molecule has 5 heteroatoms. The van der Waals surface area contributed by atoms with Crippen LogP contribution in [0.2, 0.25) is 0 Å². The van der Waals surface area contributed by atoms with Crippen LogP contribution in [0.15, 0.2) is 0 Å². The average molecular weight is 268 g/mol. The molecule has 1 saturated carbocycles. The Hall–Kier alpha value is -1.10. The second-order valence-corrected chi connectivity index (χ2v) is 6.03. The molecule has 3 unspecified atom stereocenters. The minimum Gasteiger partial charge on any atom is -0.370 e. The number of nitrogens with two attached hydrogens (primary N) is 1. The van der Waals surface area contributed by atoms with Crippen LogP contribution in [0.1, 0.15) is 45.4 Å².